The fourth-order valence-corrected chi connectivity index (χ4v) is 1.85. The zero-order chi connectivity index (χ0) is 11.2. The molecule has 1 aromatic carbocycles. The van der Waals surface area contributed by atoms with Crippen LogP contribution in [0.3, 0.4) is 0 Å². The number of nitriles is 1. The van der Waals surface area contributed by atoms with E-state index in [1.54, 1.807) is 0 Å². The number of anilines is 1. The molecule has 3 nitrogen and oxygen atoms in total. The molecule has 1 aromatic rings. The second kappa shape index (κ2) is 5.34. The van der Waals surface area contributed by atoms with Crippen LogP contribution in [0.5, 0.6) is 0 Å². The highest BCUT2D eigenvalue weighted by Crippen LogP contribution is 2.16. The molecular weight excluding hydrogens is 198 g/mol. The Morgan fingerprint density at radius 2 is 1.88 bits per heavy atom. The lowest BCUT2D eigenvalue weighted by molar-refractivity contribution is 0.589. The lowest BCUT2D eigenvalue weighted by Gasteiger charge is -2.29. The van der Waals surface area contributed by atoms with Gasteiger partial charge < -0.3 is 10.2 Å². The molecule has 1 N–H and O–H groups in total. The summed E-state index contributed by atoms with van der Waals surface area (Å²) in [6.07, 6.45) is 3.32. The summed E-state index contributed by atoms with van der Waals surface area (Å²) in [5, 5.41) is 11.8. The molecule has 0 amide bonds. The van der Waals surface area contributed by atoms with E-state index in [9.17, 15) is 0 Å². The van der Waals surface area contributed by atoms with Crippen LogP contribution in [0, 0.1) is 11.3 Å². The predicted octanol–water partition coefficient (Wildman–Crippen LogP) is 1.63. The third kappa shape index (κ3) is 2.62. The largest absolute Gasteiger partial charge is 0.369 e. The van der Waals surface area contributed by atoms with Crippen molar-refractivity contribution >= 4 is 11.8 Å². The van der Waals surface area contributed by atoms with Gasteiger partial charge in [-0.3, -0.25) is 0 Å². The zero-order valence-corrected chi connectivity index (χ0v) is 9.19. The van der Waals surface area contributed by atoms with Gasteiger partial charge in [0.05, 0.1) is 6.07 Å². The first-order chi connectivity index (χ1) is 7.90. The van der Waals surface area contributed by atoms with Gasteiger partial charge in [-0.2, -0.15) is 5.26 Å². The van der Waals surface area contributed by atoms with Crippen molar-refractivity contribution in [3.8, 4) is 6.07 Å². The molecule has 1 fully saturated rings. The second-order valence-electron chi connectivity index (χ2n) is 3.79. The Kier molecular flexibility index (Phi) is 3.58. The van der Waals surface area contributed by atoms with E-state index in [1.165, 1.54) is 11.8 Å². The van der Waals surface area contributed by atoms with Gasteiger partial charge in [-0.15, -0.1) is 0 Å². The molecular formula is C13H15N3. The van der Waals surface area contributed by atoms with E-state index >= 15 is 0 Å². The molecule has 0 aliphatic carbocycles. The molecule has 1 aliphatic heterocycles. The Morgan fingerprint density at radius 1 is 1.19 bits per heavy atom. The Hall–Kier alpha value is -1.79. The zero-order valence-electron chi connectivity index (χ0n) is 9.19. The standard InChI is InChI=1S/C13H15N3/c14-7-1-2-12-3-5-13(6-4-12)16-10-8-15-9-11-16/h1-6,15H,8-11H2. The molecule has 0 atom stereocenters. The molecule has 0 bridgehead atoms. The molecule has 0 aromatic heterocycles. The number of rotatable bonds is 2. The SMILES string of the molecule is N#CC=Cc1ccc(N2CCNCC2)cc1. The third-order valence-electron chi connectivity index (χ3n) is 2.73. The van der Waals surface area contributed by atoms with Gasteiger partial charge in [-0.25, -0.2) is 0 Å². The molecule has 1 aliphatic rings. The van der Waals surface area contributed by atoms with E-state index in [0.717, 1.165) is 31.7 Å². The Morgan fingerprint density at radius 3 is 2.50 bits per heavy atom. The van der Waals surface area contributed by atoms with E-state index in [0.29, 0.717) is 0 Å². The summed E-state index contributed by atoms with van der Waals surface area (Å²) < 4.78 is 0. The lowest BCUT2D eigenvalue weighted by atomic mass is 10.1. The maximum absolute atomic E-state index is 8.43. The van der Waals surface area contributed by atoms with Crippen molar-refractivity contribution in [1.29, 1.82) is 5.26 Å². The number of allylic oxidation sites excluding steroid dienone is 1. The monoisotopic (exact) mass is 213 g/mol. The van der Waals surface area contributed by atoms with Gasteiger partial charge in [0.1, 0.15) is 0 Å². The summed E-state index contributed by atoms with van der Waals surface area (Å²) in [7, 11) is 0. The minimum Gasteiger partial charge on any atom is -0.369 e. The van der Waals surface area contributed by atoms with Crippen LogP contribution < -0.4 is 10.2 Å². The van der Waals surface area contributed by atoms with E-state index in [2.05, 4.69) is 22.3 Å². The fourth-order valence-electron chi connectivity index (χ4n) is 1.85. The molecule has 2 rings (SSSR count). The number of nitrogens with zero attached hydrogens (tertiary/aromatic N) is 2. The smallest absolute Gasteiger partial charge is 0.0912 e. The lowest BCUT2D eigenvalue weighted by Crippen LogP contribution is -2.43. The molecule has 1 heterocycles. The summed E-state index contributed by atoms with van der Waals surface area (Å²) in [5.74, 6) is 0. The average Bonchev–Trinajstić information content (AvgIpc) is 2.38. The molecule has 16 heavy (non-hydrogen) atoms. The van der Waals surface area contributed by atoms with Gasteiger partial charge in [0.15, 0.2) is 0 Å². The van der Waals surface area contributed by atoms with Crippen LogP contribution >= 0.6 is 0 Å². The van der Waals surface area contributed by atoms with Crippen molar-refractivity contribution in [3.63, 3.8) is 0 Å². The van der Waals surface area contributed by atoms with Crippen LogP contribution in [0.2, 0.25) is 0 Å². The summed E-state index contributed by atoms with van der Waals surface area (Å²) in [6.45, 7) is 4.23. The first kappa shape index (κ1) is 10.7. The van der Waals surface area contributed by atoms with Crippen molar-refractivity contribution in [3.05, 3.63) is 35.9 Å². The molecule has 0 unspecified atom stereocenters. The topological polar surface area (TPSA) is 39.1 Å². The maximum Gasteiger partial charge on any atom is 0.0912 e. The van der Waals surface area contributed by atoms with Crippen molar-refractivity contribution in [2.75, 3.05) is 31.1 Å². The summed E-state index contributed by atoms with van der Waals surface area (Å²) >= 11 is 0. The van der Waals surface area contributed by atoms with Crippen LogP contribution in [0.1, 0.15) is 5.56 Å². The van der Waals surface area contributed by atoms with Crippen molar-refractivity contribution in [2.45, 2.75) is 0 Å². The number of hydrogen-bond donors (Lipinski definition) is 1. The van der Waals surface area contributed by atoms with Crippen LogP contribution in [0.25, 0.3) is 6.08 Å². The summed E-state index contributed by atoms with van der Waals surface area (Å²) in [6, 6.07) is 10.3. The van der Waals surface area contributed by atoms with Gasteiger partial charge in [-0.1, -0.05) is 12.1 Å². The highest BCUT2D eigenvalue weighted by molar-refractivity contribution is 5.57. The van der Waals surface area contributed by atoms with Gasteiger partial charge >= 0.3 is 0 Å². The van der Waals surface area contributed by atoms with E-state index in [-0.39, 0.29) is 0 Å². The number of hydrogen-bond acceptors (Lipinski definition) is 3. The number of nitrogens with one attached hydrogen (secondary N) is 1. The normalized spacial score (nSPS) is 16.3. The summed E-state index contributed by atoms with van der Waals surface area (Å²) in [5.41, 5.74) is 2.33. The van der Waals surface area contributed by atoms with Crippen LogP contribution in [-0.2, 0) is 0 Å². The highest BCUT2D eigenvalue weighted by atomic mass is 15.2. The highest BCUT2D eigenvalue weighted by Gasteiger charge is 2.09. The minimum atomic E-state index is 1.05. The molecule has 82 valence electrons. The Balaban J connectivity index is 2.06. The first-order valence-electron chi connectivity index (χ1n) is 5.52. The van der Waals surface area contributed by atoms with Crippen LogP contribution in [-0.4, -0.2) is 26.2 Å². The Labute approximate surface area is 96.0 Å². The third-order valence-corrected chi connectivity index (χ3v) is 2.73. The molecule has 0 spiro atoms. The molecule has 0 radical (unpaired) electrons. The second-order valence-corrected chi connectivity index (χ2v) is 3.79. The quantitative estimate of drug-likeness (QED) is 0.759. The van der Waals surface area contributed by atoms with Gasteiger partial charge in [0, 0.05) is 37.9 Å². The van der Waals surface area contributed by atoms with Crippen molar-refractivity contribution in [2.24, 2.45) is 0 Å². The van der Waals surface area contributed by atoms with Crippen molar-refractivity contribution < 1.29 is 0 Å². The van der Waals surface area contributed by atoms with Gasteiger partial charge in [0.2, 0.25) is 0 Å². The average molecular weight is 213 g/mol. The van der Waals surface area contributed by atoms with Crippen LogP contribution in [0.4, 0.5) is 5.69 Å². The minimum absolute atomic E-state index is 1.05. The molecule has 0 saturated carbocycles. The number of benzene rings is 1. The van der Waals surface area contributed by atoms with Crippen molar-refractivity contribution in [1.82, 2.24) is 5.32 Å². The first-order valence-corrected chi connectivity index (χ1v) is 5.52. The number of piperazine rings is 1. The summed E-state index contributed by atoms with van der Waals surface area (Å²) in [4.78, 5) is 2.37. The predicted molar refractivity (Wildman–Crippen MR) is 66.2 cm³/mol. The molecule has 1 saturated heterocycles. The Bertz CT molecular complexity index is 394. The van der Waals surface area contributed by atoms with E-state index in [1.807, 2.05) is 24.3 Å². The van der Waals surface area contributed by atoms with E-state index in [4.69, 9.17) is 5.26 Å². The van der Waals surface area contributed by atoms with Gasteiger partial charge in [0.25, 0.3) is 0 Å². The maximum atomic E-state index is 8.43. The van der Waals surface area contributed by atoms with Gasteiger partial charge in [-0.05, 0) is 23.8 Å². The van der Waals surface area contributed by atoms with Crippen LogP contribution in [0.15, 0.2) is 30.3 Å². The fraction of sp³-hybridized carbons (Fsp3) is 0.308. The molecule has 3 heteroatoms. The van der Waals surface area contributed by atoms with E-state index < -0.39 is 0 Å².